The molecule has 1 heterocycles. The minimum absolute atomic E-state index is 0.136. The van der Waals surface area contributed by atoms with Crippen LogP contribution in [0.2, 0.25) is 0 Å². The van der Waals surface area contributed by atoms with E-state index in [1.807, 2.05) is 74.5 Å². The first-order chi connectivity index (χ1) is 12.6. The minimum Gasteiger partial charge on any atom is -0.455 e. The number of anilines is 1. The fourth-order valence-corrected chi connectivity index (χ4v) is 2.56. The Morgan fingerprint density at radius 3 is 2.58 bits per heavy atom. The lowest BCUT2D eigenvalue weighted by atomic mass is 10.1. The van der Waals surface area contributed by atoms with Crippen molar-refractivity contribution in [1.29, 1.82) is 0 Å². The normalized spacial score (nSPS) is 11.5. The van der Waals surface area contributed by atoms with Crippen LogP contribution in [0, 0.1) is 6.92 Å². The van der Waals surface area contributed by atoms with Crippen molar-refractivity contribution in [3.8, 4) is 11.5 Å². The number of amides is 2. The van der Waals surface area contributed by atoms with E-state index in [1.54, 1.807) is 12.4 Å². The number of benzene rings is 2. The van der Waals surface area contributed by atoms with Gasteiger partial charge in [-0.3, -0.25) is 4.98 Å². The molecule has 3 aromatic rings. The van der Waals surface area contributed by atoms with Gasteiger partial charge in [0.15, 0.2) is 5.75 Å². The van der Waals surface area contributed by atoms with Gasteiger partial charge in [0.25, 0.3) is 0 Å². The Hall–Kier alpha value is -3.34. The predicted molar refractivity (Wildman–Crippen MR) is 103 cm³/mol. The SMILES string of the molecule is Cc1cccc(Oc2ccccc2NC(=O)NC(C)c2ccncc2)c1. The summed E-state index contributed by atoms with van der Waals surface area (Å²) < 4.78 is 5.93. The number of aromatic nitrogens is 1. The van der Waals surface area contributed by atoms with E-state index in [4.69, 9.17) is 4.74 Å². The van der Waals surface area contributed by atoms with Gasteiger partial charge in [-0.15, -0.1) is 0 Å². The van der Waals surface area contributed by atoms with Crippen molar-refractivity contribution in [3.05, 3.63) is 84.2 Å². The van der Waals surface area contributed by atoms with Crippen LogP contribution in [0.3, 0.4) is 0 Å². The lowest BCUT2D eigenvalue weighted by Gasteiger charge is -2.16. The first-order valence-electron chi connectivity index (χ1n) is 8.43. The van der Waals surface area contributed by atoms with E-state index in [2.05, 4.69) is 15.6 Å². The molecule has 1 unspecified atom stereocenters. The number of carbonyl (C=O) groups is 1. The van der Waals surface area contributed by atoms with Crippen molar-refractivity contribution in [2.45, 2.75) is 19.9 Å². The predicted octanol–water partition coefficient (Wildman–Crippen LogP) is 5.07. The molecule has 0 saturated carbocycles. The Morgan fingerprint density at radius 2 is 1.81 bits per heavy atom. The second kappa shape index (κ2) is 8.16. The number of ether oxygens (including phenoxy) is 1. The fraction of sp³-hybridized carbons (Fsp3) is 0.143. The molecule has 0 radical (unpaired) electrons. The molecule has 2 N–H and O–H groups in total. The molecule has 1 aromatic heterocycles. The zero-order chi connectivity index (χ0) is 18.4. The highest BCUT2D eigenvalue weighted by Gasteiger charge is 2.12. The molecule has 0 bridgehead atoms. The van der Waals surface area contributed by atoms with Gasteiger partial charge >= 0.3 is 6.03 Å². The number of aryl methyl sites for hydroxylation is 1. The molecular formula is C21H21N3O2. The van der Waals surface area contributed by atoms with Crippen LogP contribution in [0.25, 0.3) is 0 Å². The van der Waals surface area contributed by atoms with E-state index < -0.39 is 0 Å². The van der Waals surface area contributed by atoms with Crippen molar-refractivity contribution in [2.75, 3.05) is 5.32 Å². The van der Waals surface area contributed by atoms with Crippen LogP contribution in [0.5, 0.6) is 11.5 Å². The number of hydrogen-bond donors (Lipinski definition) is 2. The topological polar surface area (TPSA) is 63.2 Å². The summed E-state index contributed by atoms with van der Waals surface area (Å²) in [5.74, 6) is 1.31. The number of nitrogens with zero attached hydrogens (tertiary/aromatic N) is 1. The molecule has 0 aliphatic carbocycles. The monoisotopic (exact) mass is 347 g/mol. The molecule has 0 spiro atoms. The number of nitrogens with one attached hydrogen (secondary N) is 2. The lowest BCUT2D eigenvalue weighted by molar-refractivity contribution is 0.249. The highest BCUT2D eigenvalue weighted by molar-refractivity contribution is 5.91. The zero-order valence-electron chi connectivity index (χ0n) is 14.8. The van der Waals surface area contributed by atoms with Gasteiger partial charge in [-0.05, 0) is 61.4 Å². The third kappa shape index (κ3) is 4.60. The number of hydrogen-bond acceptors (Lipinski definition) is 3. The van der Waals surface area contributed by atoms with E-state index in [0.29, 0.717) is 11.4 Å². The molecule has 3 rings (SSSR count). The average Bonchev–Trinajstić information content (AvgIpc) is 2.64. The zero-order valence-corrected chi connectivity index (χ0v) is 14.8. The van der Waals surface area contributed by atoms with Crippen LogP contribution in [0.15, 0.2) is 73.1 Å². The molecule has 0 saturated heterocycles. The van der Waals surface area contributed by atoms with Crippen LogP contribution >= 0.6 is 0 Å². The molecule has 0 aliphatic rings. The summed E-state index contributed by atoms with van der Waals surface area (Å²) in [6, 6.07) is 18.4. The summed E-state index contributed by atoms with van der Waals surface area (Å²) in [7, 11) is 0. The summed E-state index contributed by atoms with van der Waals surface area (Å²) in [5, 5.41) is 5.77. The van der Waals surface area contributed by atoms with Gasteiger partial charge < -0.3 is 15.4 Å². The van der Waals surface area contributed by atoms with Crippen molar-refractivity contribution in [2.24, 2.45) is 0 Å². The van der Waals surface area contributed by atoms with Gasteiger partial charge in [0.05, 0.1) is 11.7 Å². The van der Waals surface area contributed by atoms with Gasteiger partial charge in [-0.2, -0.15) is 0 Å². The Bertz CT molecular complexity index is 881. The molecule has 2 amide bonds. The van der Waals surface area contributed by atoms with E-state index in [1.165, 1.54) is 0 Å². The average molecular weight is 347 g/mol. The first kappa shape index (κ1) is 17.5. The molecule has 0 fully saturated rings. The van der Waals surface area contributed by atoms with Gasteiger partial charge in [0.1, 0.15) is 5.75 Å². The number of pyridine rings is 1. The smallest absolute Gasteiger partial charge is 0.319 e. The Kier molecular flexibility index (Phi) is 5.49. The number of para-hydroxylation sites is 2. The standard InChI is InChI=1S/C21H21N3O2/c1-15-6-5-7-18(14-15)26-20-9-4-3-8-19(20)24-21(25)23-16(2)17-10-12-22-13-11-17/h3-14,16H,1-2H3,(H2,23,24,25). The maximum atomic E-state index is 12.4. The quantitative estimate of drug-likeness (QED) is 0.678. The highest BCUT2D eigenvalue weighted by Crippen LogP contribution is 2.29. The first-order valence-corrected chi connectivity index (χ1v) is 8.43. The molecule has 5 heteroatoms. The van der Waals surface area contributed by atoms with Crippen molar-refractivity contribution < 1.29 is 9.53 Å². The molecule has 26 heavy (non-hydrogen) atoms. The molecular weight excluding hydrogens is 326 g/mol. The summed E-state index contributed by atoms with van der Waals surface area (Å²) in [5.41, 5.74) is 2.70. The van der Waals surface area contributed by atoms with E-state index in [9.17, 15) is 4.79 Å². The fourth-order valence-electron chi connectivity index (χ4n) is 2.56. The summed E-state index contributed by atoms with van der Waals surface area (Å²) >= 11 is 0. The van der Waals surface area contributed by atoms with Gasteiger partial charge in [-0.1, -0.05) is 24.3 Å². The minimum atomic E-state index is -0.297. The van der Waals surface area contributed by atoms with Crippen LogP contribution in [-0.2, 0) is 0 Å². The molecule has 2 aromatic carbocycles. The second-order valence-electron chi connectivity index (χ2n) is 6.02. The molecule has 5 nitrogen and oxygen atoms in total. The van der Waals surface area contributed by atoms with Crippen molar-refractivity contribution in [1.82, 2.24) is 10.3 Å². The highest BCUT2D eigenvalue weighted by atomic mass is 16.5. The number of urea groups is 1. The maximum Gasteiger partial charge on any atom is 0.319 e. The van der Waals surface area contributed by atoms with E-state index in [-0.39, 0.29) is 12.1 Å². The Balaban J connectivity index is 1.69. The van der Waals surface area contributed by atoms with Crippen LogP contribution in [0.4, 0.5) is 10.5 Å². The second-order valence-corrected chi connectivity index (χ2v) is 6.02. The Labute approximate surface area is 153 Å². The molecule has 0 aliphatic heterocycles. The summed E-state index contributed by atoms with van der Waals surface area (Å²) in [6.45, 7) is 3.93. The van der Waals surface area contributed by atoms with Crippen LogP contribution in [-0.4, -0.2) is 11.0 Å². The van der Waals surface area contributed by atoms with E-state index in [0.717, 1.165) is 16.9 Å². The third-order valence-electron chi connectivity index (χ3n) is 3.91. The molecule has 132 valence electrons. The largest absolute Gasteiger partial charge is 0.455 e. The lowest BCUT2D eigenvalue weighted by Crippen LogP contribution is -2.31. The summed E-state index contributed by atoms with van der Waals surface area (Å²) in [6.07, 6.45) is 3.41. The number of carbonyl (C=O) groups excluding carboxylic acids is 1. The Morgan fingerprint density at radius 1 is 1.04 bits per heavy atom. The van der Waals surface area contributed by atoms with Crippen LogP contribution in [0.1, 0.15) is 24.1 Å². The van der Waals surface area contributed by atoms with E-state index >= 15 is 0 Å². The van der Waals surface area contributed by atoms with Crippen molar-refractivity contribution in [3.63, 3.8) is 0 Å². The van der Waals surface area contributed by atoms with Crippen molar-refractivity contribution >= 4 is 11.7 Å². The van der Waals surface area contributed by atoms with Gasteiger partial charge in [-0.25, -0.2) is 4.79 Å². The summed E-state index contributed by atoms with van der Waals surface area (Å²) in [4.78, 5) is 16.3. The number of rotatable bonds is 5. The maximum absolute atomic E-state index is 12.4. The third-order valence-corrected chi connectivity index (χ3v) is 3.91. The molecule has 1 atom stereocenters. The van der Waals surface area contributed by atoms with Gasteiger partial charge in [0, 0.05) is 12.4 Å². The van der Waals surface area contributed by atoms with Gasteiger partial charge in [0.2, 0.25) is 0 Å². The van der Waals surface area contributed by atoms with Crippen LogP contribution < -0.4 is 15.4 Å².